The van der Waals surface area contributed by atoms with Gasteiger partial charge in [0.05, 0.1) is 11.9 Å². The van der Waals surface area contributed by atoms with E-state index >= 15 is 0 Å². The van der Waals surface area contributed by atoms with E-state index in [9.17, 15) is 4.79 Å². The zero-order valence-electron chi connectivity index (χ0n) is 13.6. The summed E-state index contributed by atoms with van der Waals surface area (Å²) in [4.78, 5) is 12.0. The molecule has 24 heavy (non-hydrogen) atoms. The lowest BCUT2D eigenvalue weighted by Crippen LogP contribution is -2.33. The van der Waals surface area contributed by atoms with E-state index in [-0.39, 0.29) is 11.2 Å². The van der Waals surface area contributed by atoms with Gasteiger partial charge in [-0.25, -0.2) is 4.68 Å². The van der Waals surface area contributed by atoms with Crippen molar-refractivity contribution in [1.29, 1.82) is 0 Å². The van der Waals surface area contributed by atoms with Crippen LogP contribution >= 0.6 is 23.5 Å². The molecular weight excluding hydrogens is 346 g/mol. The number of benzene rings is 1. The highest BCUT2D eigenvalue weighted by atomic mass is 32.2. The van der Waals surface area contributed by atoms with E-state index in [0.717, 1.165) is 5.75 Å². The zero-order valence-corrected chi connectivity index (χ0v) is 15.3. The van der Waals surface area contributed by atoms with Crippen molar-refractivity contribution in [2.45, 2.75) is 28.2 Å². The molecule has 0 aliphatic rings. The number of nitrogens with two attached hydrogens (primary N) is 1. The van der Waals surface area contributed by atoms with Crippen molar-refractivity contribution in [3.8, 4) is 0 Å². The molecule has 0 saturated carbocycles. The van der Waals surface area contributed by atoms with E-state index in [2.05, 4.69) is 15.5 Å². The zero-order chi connectivity index (χ0) is 17.4. The third-order valence-electron chi connectivity index (χ3n) is 3.10. The molecule has 2 rings (SSSR count). The van der Waals surface area contributed by atoms with Crippen LogP contribution in [0.15, 0.2) is 40.6 Å². The van der Waals surface area contributed by atoms with E-state index in [1.54, 1.807) is 14.0 Å². The van der Waals surface area contributed by atoms with Crippen LogP contribution in [0.4, 0.5) is 0 Å². The summed E-state index contributed by atoms with van der Waals surface area (Å²) in [5.41, 5.74) is 1.19. The second-order valence-corrected chi connectivity index (χ2v) is 7.20. The minimum absolute atomic E-state index is 0.0847. The average Bonchev–Trinajstić information content (AvgIpc) is 2.94. The van der Waals surface area contributed by atoms with E-state index in [1.165, 1.54) is 33.8 Å². The predicted molar refractivity (Wildman–Crippen MR) is 96.4 cm³/mol. The number of amides is 1. The number of hydrogen-bond acceptors (Lipinski definition) is 7. The number of aromatic nitrogens is 3. The number of carbonyl (C=O) groups excluding carboxylic acids is 1. The molecule has 0 saturated heterocycles. The molecule has 2 aromatic rings. The van der Waals surface area contributed by atoms with Crippen molar-refractivity contribution in [2.75, 3.05) is 26.1 Å². The Morgan fingerprint density at radius 2 is 2.04 bits per heavy atom. The van der Waals surface area contributed by atoms with Crippen molar-refractivity contribution < 1.29 is 9.53 Å². The third kappa shape index (κ3) is 5.43. The van der Waals surface area contributed by atoms with Gasteiger partial charge in [-0.15, -0.1) is 10.2 Å². The molecule has 1 aromatic heterocycles. The monoisotopic (exact) mass is 367 g/mol. The number of nitrogens with one attached hydrogen (secondary N) is 1. The number of hydrogen-bond donors (Lipinski definition) is 2. The molecule has 1 aromatic carbocycles. The maximum Gasteiger partial charge on any atom is 0.233 e. The lowest BCUT2D eigenvalue weighted by molar-refractivity contribution is -0.120. The Labute approximate surface area is 149 Å². The predicted octanol–water partition coefficient (Wildman–Crippen LogP) is 1.53. The number of rotatable bonds is 9. The summed E-state index contributed by atoms with van der Waals surface area (Å²) in [7, 11) is 1.59. The summed E-state index contributed by atoms with van der Waals surface area (Å²) >= 11 is 2.78. The Balaban J connectivity index is 1.88. The first kappa shape index (κ1) is 18.6. The summed E-state index contributed by atoms with van der Waals surface area (Å²) in [6.45, 7) is 2.77. The fourth-order valence-electron chi connectivity index (χ4n) is 1.80. The normalized spacial score (nSPS) is 12.1. The van der Waals surface area contributed by atoms with Crippen LogP contribution in [0, 0.1) is 0 Å². The Kier molecular flexibility index (Phi) is 7.41. The molecule has 0 spiro atoms. The van der Waals surface area contributed by atoms with Gasteiger partial charge in [0.15, 0.2) is 0 Å². The maximum absolute atomic E-state index is 12.0. The van der Waals surface area contributed by atoms with Crippen LogP contribution < -0.4 is 11.2 Å². The summed E-state index contributed by atoms with van der Waals surface area (Å²) in [6.07, 6.45) is 0. The van der Waals surface area contributed by atoms with E-state index < -0.39 is 0 Å². The van der Waals surface area contributed by atoms with E-state index in [1.807, 2.05) is 30.3 Å². The highest BCUT2D eigenvalue weighted by Gasteiger charge is 2.19. The van der Waals surface area contributed by atoms with Gasteiger partial charge in [-0.1, -0.05) is 53.9 Å². The molecule has 0 aliphatic carbocycles. The van der Waals surface area contributed by atoms with Crippen LogP contribution in [-0.4, -0.2) is 46.3 Å². The Hall–Kier alpha value is -1.71. The fourth-order valence-corrected chi connectivity index (χ4v) is 3.46. The highest BCUT2D eigenvalue weighted by molar-refractivity contribution is 8.00. The molecule has 7 nitrogen and oxygen atoms in total. The maximum atomic E-state index is 12.0. The average molecular weight is 368 g/mol. The van der Waals surface area contributed by atoms with Crippen LogP contribution in [0.5, 0.6) is 0 Å². The number of nitrogens with zero attached hydrogens (tertiary/aromatic N) is 3. The summed E-state index contributed by atoms with van der Waals surface area (Å²) in [5, 5.41) is 11.8. The second-order valence-electron chi connectivity index (χ2n) is 4.95. The topological polar surface area (TPSA) is 95.1 Å². The second kappa shape index (κ2) is 9.55. The number of ether oxygens (including phenoxy) is 1. The highest BCUT2D eigenvalue weighted by Crippen LogP contribution is 2.26. The Morgan fingerprint density at radius 1 is 1.33 bits per heavy atom. The third-order valence-corrected chi connectivity index (χ3v) is 5.17. The van der Waals surface area contributed by atoms with Gasteiger partial charge in [-0.2, -0.15) is 0 Å². The minimum atomic E-state index is -0.319. The van der Waals surface area contributed by atoms with Crippen molar-refractivity contribution in [3.63, 3.8) is 0 Å². The van der Waals surface area contributed by atoms with Crippen LogP contribution in [0.1, 0.15) is 12.5 Å². The number of methoxy groups -OCH3 is 1. The lowest BCUT2D eigenvalue weighted by Gasteiger charge is -2.11. The van der Waals surface area contributed by atoms with E-state index in [4.69, 9.17) is 10.6 Å². The first-order valence-corrected chi connectivity index (χ1v) is 9.29. The molecular formula is C15H21N5O2S2. The lowest BCUT2D eigenvalue weighted by atomic mass is 10.2. The largest absolute Gasteiger partial charge is 0.383 e. The number of carbonyl (C=O) groups is 1. The number of nitrogen functional groups attached to an aromatic ring is 1. The number of thioether (sulfide) groups is 2. The first-order valence-electron chi connectivity index (χ1n) is 7.42. The Morgan fingerprint density at radius 3 is 2.75 bits per heavy atom. The standard InChI is InChI=1S/C15H21N5O2S2/c1-11(13(21)17-8-9-22-2)24-15-19-18-14(20(15)16)23-10-12-6-4-3-5-7-12/h3-7,11H,8-10,16H2,1-2H3,(H,17,21)/t11-/m0/s1. The molecule has 130 valence electrons. The molecule has 0 aliphatic heterocycles. The van der Waals surface area contributed by atoms with Gasteiger partial charge in [0.1, 0.15) is 0 Å². The smallest absolute Gasteiger partial charge is 0.233 e. The first-order chi connectivity index (χ1) is 11.6. The molecule has 0 unspecified atom stereocenters. The van der Waals surface area contributed by atoms with Crippen LogP contribution in [0.25, 0.3) is 0 Å². The molecule has 9 heteroatoms. The van der Waals surface area contributed by atoms with Crippen molar-refractivity contribution in [1.82, 2.24) is 20.2 Å². The molecule has 3 N–H and O–H groups in total. The quantitative estimate of drug-likeness (QED) is 0.394. The van der Waals surface area contributed by atoms with Gasteiger partial charge in [-0.3, -0.25) is 4.79 Å². The molecule has 0 bridgehead atoms. The van der Waals surface area contributed by atoms with Crippen LogP contribution in [0.2, 0.25) is 0 Å². The fraction of sp³-hybridized carbons (Fsp3) is 0.400. The van der Waals surface area contributed by atoms with Gasteiger partial charge >= 0.3 is 0 Å². The molecule has 1 amide bonds. The molecule has 1 heterocycles. The van der Waals surface area contributed by atoms with Crippen LogP contribution in [-0.2, 0) is 15.3 Å². The van der Waals surface area contributed by atoms with Crippen molar-refractivity contribution in [2.24, 2.45) is 0 Å². The van der Waals surface area contributed by atoms with Gasteiger partial charge in [0.2, 0.25) is 16.2 Å². The summed E-state index contributed by atoms with van der Waals surface area (Å²) in [6, 6.07) is 10.1. The molecule has 1 atom stereocenters. The molecule has 0 fully saturated rings. The summed E-state index contributed by atoms with van der Waals surface area (Å²) in [5.74, 6) is 6.71. The van der Waals surface area contributed by atoms with Gasteiger partial charge in [0, 0.05) is 19.4 Å². The van der Waals surface area contributed by atoms with Crippen molar-refractivity contribution >= 4 is 29.4 Å². The summed E-state index contributed by atoms with van der Waals surface area (Å²) < 4.78 is 6.33. The SMILES string of the molecule is COCCNC(=O)[C@H](C)Sc1nnc(SCc2ccccc2)n1N. The van der Waals surface area contributed by atoms with Gasteiger partial charge in [-0.05, 0) is 12.5 Å². The van der Waals surface area contributed by atoms with Crippen molar-refractivity contribution in [3.05, 3.63) is 35.9 Å². The van der Waals surface area contributed by atoms with Gasteiger partial charge < -0.3 is 15.9 Å². The van der Waals surface area contributed by atoms with E-state index in [0.29, 0.717) is 23.5 Å². The Bertz CT molecular complexity index is 651. The minimum Gasteiger partial charge on any atom is -0.383 e. The molecule has 0 radical (unpaired) electrons. The van der Waals surface area contributed by atoms with Gasteiger partial charge in [0.25, 0.3) is 0 Å². The van der Waals surface area contributed by atoms with Crippen LogP contribution in [0.3, 0.4) is 0 Å².